The third-order valence-corrected chi connectivity index (χ3v) is 13.8. The van der Waals surface area contributed by atoms with Gasteiger partial charge >= 0.3 is 0 Å². The summed E-state index contributed by atoms with van der Waals surface area (Å²) in [7, 11) is 0. The van der Waals surface area contributed by atoms with Crippen LogP contribution in [0.1, 0.15) is 0 Å². The van der Waals surface area contributed by atoms with Crippen LogP contribution in [0.4, 0.5) is 17.1 Å². The Hall–Kier alpha value is -9.12. The summed E-state index contributed by atoms with van der Waals surface area (Å²) in [6.07, 6.45) is 0. The van der Waals surface area contributed by atoms with E-state index in [0.29, 0.717) is 0 Å². The van der Waals surface area contributed by atoms with Crippen LogP contribution in [0.25, 0.3) is 116 Å². The van der Waals surface area contributed by atoms with Crippen molar-refractivity contribution in [2.45, 2.75) is 0 Å². The van der Waals surface area contributed by atoms with E-state index in [0.717, 1.165) is 105 Å². The molecular weight excluding hydrogens is 829 g/mol. The molecule has 0 bridgehead atoms. The molecule has 0 radical (unpaired) electrons. The van der Waals surface area contributed by atoms with Crippen molar-refractivity contribution in [2.75, 3.05) is 4.90 Å². The van der Waals surface area contributed by atoms with E-state index in [1.807, 2.05) is 6.07 Å². The molecular formula is C64H40N2O2. The summed E-state index contributed by atoms with van der Waals surface area (Å²) >= 11 is 0. The van der Waals surface area contributed by atoms with Gasteiger partial charge in [0.15, 0.2) is 0 Å². The summed E-state index contributed by atoms with van der Waals surface area (Å²) in [5.74, 6) is 0. The van der Waals surface area contributed by atoms with Crippen LogP contribution in [-0.4, -0.2) is 4.57 Å². The lowest BCUT2D eigenvalue weighted by atomic mass is 9.94. The van der Waals surface area contributed by atoms with E-state index in [-0.39, 0.29) is 0 Å². The number of hydrogen-bond donors (Lipinski definition) is 0. The fraction of sp³-hybridized carbons (Fsp3) is 0. The highest BCUT2D eigenvalue weighted by Gasteiger charge is 2.28. The summed E-state index contributed by atoms with van der Waals surface area (Å²) in [5.41, 5.74) is 16.2. The Morgan fingerprint density at radius 2 is 0.824 bits per heavy atom. The van der Waals surface area contributed by atoms with Crippen molar-refractivity contribution < 1.29 is 8.83 Å². The number of nitrogens with zero attached hydrogens (tertiary/aromatic N) is 2. The van der Waals surface area contributed by atoms with Crippen molar-refractivity contribution in [1.29, 1.82) is 0 Å². The third kappa shape index (κ3) is 5.81. The zero-order valence-corrected chi connectivity index (χ0v) is 36.8. The quantitative estimate of drug-likeness (QED) is 0.160. The Morgan fingerprint density at radius 1 is 0.309 bits per heavy atom. The Morgan fingerprint density at radius 3 is 1.57 bits per heavy atom. The normalized spacial score (nSPS) is 11.8. The van der Waals surface area contributed by atoms with Crippen molar-refractivity contribution in [3.8, 4) is 39.1 Å². The Balaban J connectivity index is 1.08. The highest BCUT2D eigenvalue weighted by Crippen LogP contribution is 2.51. The fourth-order valence-electron chi connectivity index (χ4n) is 10.8. The largest absolute Gasteiger partial charge is 0.455 e. The lowest BCUT2D eigenvalue weighted by Gasteiger charge is -2.30. The van der Waals surface area contributed by atoms with E-state index >= 15 is 0 Å². The number of benzene rings is 11. The van der Waals surface area contributed by atoms with E-state index in [1.54, 1.807) is 0 Å². The van der Waals surface area contributed by atoms with Crippen molar-refractivity contribution in [2.24, 2.45) is 0 Å². The predicted octanol–water partition coefficient (Wildman–Crippen LogP) is 18.2. The minimum atomic E-state index is 0.825. The second kappa shape index (κ2) is 15.2. The SMILES string of the molecule is c1ccc(N(c2ccc(-c3cccc4ccccc34)cc2)c2ccc3c(oc4ccccc43)c2-c2ccccc2-n2c3ccccc3c3ccccc32)c(-c2cccc3c2oc2ccccc23)c1. The van der Waals surface area contributed by atoms with Gasteiger partial charge < -0.3 is 18.3 Å². The highest BCUT2D eigenvalue weighted by molar-refractivity contribution is 6.16. The molecule has 4 heteroatoms. The number of anilines is 3. The number of furan rings is 2. The Bertz CT molecular complexity index is 4220. The molecule has 0 spiro atoms. The van der Waals surface area contributed by atoms with Crippen LogP contribution < -0.4 is 4.90 Å². The van der Waals surface area contributed by atoms with E-state index in [4.69, 9.17) is 8.83 Å². The van der Waals surface area contributed by atoms with E-state index < -0.39 is 0 Å². The molecule has 0 aliphatic rings. The Labute approximate surface area is 391 Å². The average molecular weight is 869 g/mol. The molecule has 3 heterocycles. The maximum absolute atomic E-state index is 7.12. The molecule has 318 valence electrons. The van der Waals surface area contributed by atoms with Gasteiger partial charge in [0, 0.05) is 54.7 Å². The minimum Gasteiger partial charge on any atom is -0.455 e. The molecule has 0 saturated carbocycles. The Kier molecular flexibility index (Phi) is 8.55. The minimum absolute atomic E-state index is 0.825. The van der Waals surface area contributed by atoms with Gasteiger partial charge in [-0.05, 0) is 82.6 Å². The fourth-order valence-corrected chi connectivity index (χ4v) is 10.8. The molecule has 0 fully saturated rings. The predicted molar refractivity (Wildman–Crippen MR) is 284 cm³/mol. The lowest BCUT2D eigenvalue weighted by molar-refractivity contribution is 0.669. The monoisotopic (exact) mass is 868 g/mol. The molecule has 68 heavy (non-hydrogen) atoms. The molecule has 0 saturated heterocycles. The van der Waals surface area contributed by atoms with Crippen molar-refractivity contribution in [1.82, 2.24) is 4.57 Å². The standard InChI is InChI=1S/C64H40N2O2/c1-2-19-44-41(17-1)18-15-26-45(44)42-35-37-43(38-36-42)65(55-29-9-5-22-48(55)51-27-16-28-52-49-23-7-13-33-60(49)67-63(51)52)59-40-39-53-50-24-8-14-34-61(50)68-64(53)62(59)54-25-6-12-32-58(54)66-56-30-10-3-20-46(56)47-21-4-11-31-57(47)66/h1-40H. The lowest BCUT2D eigenvalue weighted by Crippen LogP contribution is -2.13. The van der Waals surface area contributed by atoms with Gasteiger partial charge in [-0.1, -0.05) is 182 Å². The van der Waals surface area contributed by atoms with Gasteiger partial charge in [-0.2, -0.15) is 0 Å². The van der Waals surface area contributed by atoms with Gasteiger partial charge in [0.25, 0.3) is 0 Å². The molecule has 14 aromatic rings. The third-order valence-electron chi connectivity index (χ3n) is 13.8. The van der Waals surface area contributed by atoms with Crippen molar-refractivity contribution in [3.63, 3.8) is 0 Å². The van der Waals surface area contributed by atoms with Crippen LogP contribution in [-0.2, 0) is 0 Å². The van der Waals surface area contributed by atoms with Crippen LogP contribution in [0.5, 0.6) is 0 Å². The van der Waals surface area contributed by atoms with Gasteiger partial charge in [-0.15, -0.1) is 0 Å². The molecule has 0 N–H and O–H groups in total. The first-order chi connectivity index (χ1) is 33.8. The molecule has 0 amide bonds. The zero-order chi connectivity index (χ0) is 44.7. The first kappa shape index (κ1) is 38.2. The van der Waals surface area contributed by atoms with Crippen LogP contribution in [0.15, 0.2) is 251 Å². The number of fused-ring (bicyclic) bond motifs is 10. The van der Waals surface area contributed by atoms with Crippen molar-refractivity contribution in [3.05, 3.63) is 243 Å². The van der Waals surface area contributed by atoms with Gasteiger partial charge in [0.1, 0.15) is 22.3 Å². The first-order valence-electron chi connectivity index (χ1n) is 23.2. The summed E-state index contributed by atoms with van der Waals surface area (Å²) in [6, 6.07) is 86.9. The molecule has 0 aliphatic carbocycles. The number of rotatable bonds is 7. The summed E-state index contributed by atoms with van der Waals surface area (Å²) in [4.78, 5) is 2.42. The topological polar surface area (TPSA) is 34.5 Å². The molecule has 11 aromatic carbocycles. The van der Waals surface area contributed by atoms with Crippen LogP contribution in [0, 0.1) is 0 Å². The van der Waals surface area contributed by atoms with Gasteiger partial charge in [0.05, 0.1) is 33.7 Å². The summed E-state index contributed by atoms with van der Waals surface area (Å²) in [6.45, 7) is 0. The van der Waals surface area contributed by atoms with Crippen LogP contribution >= 0.6 is 0 Å². The van der Waals surface area contributed by atoms with Crippen LogP contribution in [0.3, 0.4) is 0 Å². The number of aromatic nitrogens is 1. The number of para-hydroxylation sites is 7. The first-order valence-corrected chi connectivity index (χ1v) is 23.2. The van der Waals surface area contributed by atoms with Gasteiger partial charge in [0.2, 0.25) is 0 Å². The molecule has 0 aliphatic heterocycles. The zero-order valence-electron chi connectivity index (χ0n) is 36.8. The average Bonchev–Trinajstić information content (AvgIpc) is 4.09. The molecule has 0 atom stereocenters. The summed E-state index contributed by atoms with van der Waals surface area (Å²) in [5, 5.41) is 9.18. The smallest absolute Gasteiger partial charge is 0.145 e. The van der Waals surface area contributed by atoms with Crippen molar-refractivity contribution >= 4 is 93.5 Å². The van der Waals surface area contributed by atoms with Gasteiger partial charge in [-0.25, -0.2) is 0 Å². The van der Waals surface area contributed by atoms with E-state index in [1.165, 1.54) is 27.1 Å². The highest BCUT2D eigenvalue weighted by atomic mass is 16.3. The van der Waals surface area contributed by atoms with E-state index in [9.17, 15) is 0 Å². The molecule has 3 aromatic heterocycles. The molecule has 0 unspecified atom stereocenters. The maximum Gasteiger partial charge on any atom is 0.145 e. The second-order valence-corrected chi connectivity index (χ2v) is 17.5. The van der Waals surface area contributed by atoms with Gasteiger partial charge in [-0.3, -0.25) is 0 Å². The van der Waals surface area contributed by atoms with Crippen LogP contribution in [0.2, 0.25) is 0 Å². The van der Waals surface area contributed by atoms with E-state index in [2.05, 4.69) is 246 Å². The number of hydrogen-bond acceptors (Lipinski definition) is 3. The molecule has 14 rings (SSSR count). The molecule has 4 nitrogen and oxygen atoms in total. The maximum atomic E-state index is 7.12. The summed E-state index contributed by atoms with van der Waals surface area (Å²) < 4.78 is 16.3. The second-order valence-electron chi connectivity index (χ2n) is 17.5.